The second kappa shape index (κ2) is 3.19. The van der Waals surface area contributed by atoms with E-state index in [1.54, 1.807) is 0 Å². The van der Waals surface area contributed by atoms with E-state index >= 15 is 0 Å². The second-order valence-electron chi connectivity index (χ2n) is 5.72. The first-order chi connectivity index (χ1) is 7.85. The molecule has 1 aromatic rings. The number of nitrogens with zero attached hydrogens (tertiary/aromatic N) is 3. The van der Waals surface area contributed by atoms with Gasteiger partial charge in [-0.05, 0) is 43.9 Å². The number of hydrogen-bond donors (Lipinski definition) is 0. The van der Waals surface area contributed by atoms with E-state index in [2.05, 4.69) is 15.1 Å². The third kappa shape index (κ3) is 1.54. The lowest BCUT2D eigenvalue weighted by Crippen LogP contribution is -2.36. The van der Waals surface area contributed by atoms with Gasteiger partial charge in [-0.3, -0.25) is 0 Å². The van der Waals surface area contributed by atoms with E-state index in [4.69, 9.17) is 0 Å². The number of hydrogen-bond acceptors (Lipinski definition) is 4. The Morgan fingerprint density at radius 2 is 2.06 bits per heavy atom. The van der Waals surface area contributed by atoms with E-state index in [-0.39, 0.29) is 0 Å². The summed E-state index contributed by atoms with van der Waals surface area (Å²) in [5.74, 6) is 0.755. The molecule has 3 nitrogen and oxygen atoms in total. The SMILES string of the molecule is C1CN(c2nnc(C3CC3)s2)CC2(C1)CC2. The van der Waals surface area contributed by atoms with Crippen LogP contribution in [0.25, 0.3) is 0 Å². The van der Waals surface area contributed by atoms with Crippen LogP contribution in [0.4, 0.5) is 5.13 Å². The molecule has 4 heteroatoms. The molecule has 16 heavy (non-hydrogen) atoms. The van der Waals surface area contributed by atoms with Gasteiger partial charge in [-0.25, -0.2) is 0 Å². The van der Waals surface area contributed by atoms with Gasteiger partial charge < -0.3 is 4.90 Å². The first-order valence-corrected chi connectivity index (χ1v) is 7.25. The van der Waals surface area contributed by atoms with Crippen molar-refractivity contribution in [3.05, 3.63) is 5.01 Å². The van der Waals surface area contributed by atoms with Crippen molar-refractivity contribution in [1.82, 2.24) is 10.2 Å². The Hall–Kier alpha value is -0.640. The lowest BCUT2D eigenvalue weighted by molar-refractivity contribution is 0.394. The quantitative estimate of drug-likeness (QED) is 0.789. The Balaban J connectivity index is 1.54. The monoisotopic (exact) mass is 235 g/mol. The molecular weight excluding hydrogens is 218 g/mol. The number of anilines is 1. The fourth-order valence-corrected chi connectivity index (χ4v) is 3.84. The second-order valence-corrected chi connectivity index (χ2v) is 6.71. The lowest BCUT2D eigenvalue weighted by atomic mass is 9.96. The Labute approximate surface area is 99.9 Å². The van der Waals surface area contributed by atoms with Gasteiger partial charge >= 0.3 is 0 Å². The maximum absolute atomic E-state index is 4.39. The van der Waals surface area contributed by atoms with Gasteiger partial charge in [0.05, 0.1) is 0 Å². The van der Waals surface area contributed by atoms with Crippen molar-refractivity contribution in [1.29, 1.82) is 0 Å². The average Bonchev–Trinajstić information content (AvgIpc) is 3.23. The zero-order valence-corrected chi connectivity index (χ0v) is 10.3. The fourth-order valence-electron chi connectivity index (χ4n) is 2.81. The molecule has 0 amide bonds. The molecule has 3 aliphatic rings. The van der Waals surface area contributed by atoms with Gasteiger partial charge in [-0.1, -0.05) is 11.3 Å². The zero-order chi connectivity index (χ0) is 10.6. The fraction of sp³-hybridized carbons (Fsp3) is 0.833. The summed E-state index contributed by atoms with van der Waals surface area (Å²) in [6.07, 6.45) is 8.34. The molecule has 86 valence electrons. The smallest absolute Gasteiger partial charge is 0.208 e. The van der Waals surface area contributed by atoms with Gasteiger partial charge in [-0.15, -0.1) is 10.2 Å². The minimum atomic E-state index is 0.684. The summed E-state index contributed by atoms with van der Waals surface area (Å²) in [6.45, 7) is 2.44. The van der Waals surface area contributed by atoms with E-state index in [1.165, 1.54) is 61.8 Å². The molecule has 1 aliphatic heterocycles. The first-order valence-electron chi connectivity index (χ1n) is 6.43. The number of piperidine rings is 1. The average molecular weight is 235 g/mol. The maximum Gasteiger partial charge on any atom is 0.208 e. The van der Waals surface area contributed by atoms with Crippen LogP contribution in [0, 0.1) is 5.41 Å². The molecule has 1 aromatic heterocycles. The maximum atomic E-state index is 4.39. The van der Waals surface area contributed by atoms with Crippen molar-refractivity contribution in [3.63, 3.8) is 0 Å². The van der Waals surface area contributed by atoms with Gasteiger partial charge in [0.25, 0.3) is 0 Å². The van der Waals surface area contributed by atoms with E-state index in [9.17, 15) is 0 Å². The van der Waals surface area contributed by atoms with Crippen molar-refractivity contribution >= 4 is 16.5 Å². The standard InChI is InChI=1S/C12H17N3S/c1-4-12(5-6-12)8-15(7-1)11-14-13-10(16-11)9-2-3-9/h9H,1-8H2. The highest BCUT2D eigenvalue weighted by molar-refractivity contribution is 7.15. The molecule has 0 unspecified atom stereocenters. The van der Waals surface area contributed by atoms with Crippen LogP contribution in [0.3, 0.4) is 0 Å². The van der Waals surface area contributed by atoms with Gasteiger partial charge in [-0.2, -0.15) is 0 Å². The summed E-state index contributed by atoms with van der Waals surface area (Å²) in [4.78, 5) is 2.49. The highest BCUT2D eigenvalue weighted by Gasteiger charge is 2.46. The van der Waals surface area contributed by atoms with Gasteiger partial charge in [0.1, 0.15) is 5.01 Å². The molecule has 0 aromatic carbocycles. The minimum Gasteiger partial charge on any atom is -0.346 e. The number of rotatable bonds is 2. The molecule has 1 spiro atoms. The van der Waals surface area contributed by atoms with E-state index < -0.39 is 0 Å². The minimum absolute atomic E-state index is 0.684. The Kier molecular flexibility index (Phi) is 1.87. The topological polar surface area (TPSA) is 29.0 Å². The molecule has 0 atom stereocenters. The van der Waals surface area contributed by atoms with Crippen molar-refractivity contribution in [2.75, 3.05) is 18.0 Å². The third-order valence-electron chi connectivity index (χ3n) is 4.25. The number of aromatic nitrogens is 2. The Morgan fingerprint density at radius 3 is 2.81 bits per heavy atom. The molecule has 2 aliphatic carbocycles. The highest BCUT2D eigenvalue weighted by Crippen LogP contribution is 2.53. The molecular formula is C12H17N3S. The first kappa shape index (κ1) is 9.40. The predicted molar refractivity (Wildman–Crippen MR) is 65.0 cm³/mol. The summed E-state index contributed by atoms with van der Waals surface area (Å²) in [5, 5.41) is 11.2. The summed E-state index contributed by atoms with van der Waals surface area (Å²) in [6, 6.07) is 0. The Bertz CT molecular complexity index is 406. The largest absolute Gasteiger partial charge is 0.346 e. The van der Waals surface area contributed by atoms with Gasteiger partial charge in [0, 0.05) is 19.0 Å². The van der Waals surface area contributed by atoms with Crippen LogP contribution in [0.15, 0.2) is 0 Å². The van der Waals surface area contributed by atoms with Gasteiger partial charge in [0.2, 0.25) is 5.13 Å². The van der Waals surface area contributed by atoms with Crippen LogP contribution < -0.4 is 4.90 Å². The lowest BCUT2D eigenvalue weighted by Gasteiger charge is -2.32. The van der Waals surface area contributed by atoms with Crippen LogP contribution in [0.2, 0.25) is 0 Å². The summed E-state index contributed by atoms with van der Waals surface area (Å²) >= 11 is 1.84. The van der Waals surface area contributed by atoms with Gasteiger partial charge in [0.15, 0.2) is 0 Å². The van der Waals surface area contributed by atoms with E-state index in [0.717, 1.165) is 5.92 Å². The summed E-state index contributed by atoms with van der Waals surface area (Å²) in [5.41, 5.74) is 0.684. The highest BCUT2D eigenvalue weighted by atomic mass is 32.1. The molecule has 0 radical (unpaired) electrons. The normalized spacial score (nSPS) is 27.4. The van der Waals surface area contributed by atoms with Crippen molar-refractivity contribution < 1.29 is 0 Å². The van der Waals surface area contributed by atoms with Crippen LogP contribution in [-0.4, -0.2) is 23.3 Å². The molecule has 2 saturated carbocycles. The molecule has 2 heterocycles. The van der Waals surface area contributed by atoms with Crippen molar-refractivity contribution in [2.24, 2.45) is 5.41 Å². The summed E-state index contributed by atoms with van der Waals surface area (Å²) in [7, 11) is 0. The summed E-state index contributed by atoms with van der Waals surface area (Å²) < 4.78 is 0. The van der Waals surface area contributed by atoms with Crippen LogP contribution in [-0.2, 0) is 0 Å². The van der Waals surface area contributed by atoms with Crippen LogP contribution in [0.5, 0.6) is 0 Å². The molecule has 1 saturated heterocycles. The van der Waals surface area contributed by atoms with Crippen LogP contribution >= 0.6 is 11.3 Å². The van der Waals surface area contributed by atoms with Crippen LogP contribution in [0.1, 0.15) is 49.5 Å². The van der Waals surface area contributed by atoms with E-state index in [1.807, 2.05) is 11.3 Å². The van der Waals surface area contributed by atoms with Crippen molar-refractivity contribution in [3.8, 4) is 0 Å². The molecule has 0 N–H and O–H groups in total. The predicted octanol–water partition coefficient (Wildman–Crippen LogP) is 2.80. The molecule has 3 fully saturated rings. The zero-order valence-electron chi connectivity index (χ0n) is 9.48. The molecule has 0 bridgehead atoms. The van der Waals surface area contributed by atoms with E-state index in [0.29, 0.717) is 5.41 Å². The molecule has 4 rings (SSSR count). The van der Waals surface area contributed by atoms with Crippen molar-refractivity contribution in [2.45, 2.75) is 44.4 Å². The Morgan fingerprint density at radius 1 is 1.19 bits per heavy atom. The third-order valence-corrected chi connectivity index (χ3v) is 5.39.